The Hall–Kier alpha value is -0.340. The molecule has 0 amide bonds. The molecule has 0 heterocycles. The average molecular weight is 213 g/mol. The van der Waals surface area contributed by atoms with E-state index in [1.54, 1.807) is 7.11 Å². The molecule has 0 aliphatic rings. The van der Waals surface area contributed by atoms with Gasteiger partial charge in [-0.25, -0.2) is 0 Å². The Balaban J connectivity index is 4.35. The van der Waals surface area contributed by atoms with Crippen LogP contribution in [0.25, 0.3) is 0 Å². The molecule has 2 nitrogen and oxygen atoms in total. The molecule has 0 saturated heterocycles. The number of ether oxygens (including phenoxy) is 1. The van der Waals surface area contributed by atoms with E-state index in [1.807, 2.05) is 0 Å². The summed E-state index contributed by atoms with van der Waals surface area (Å²) in [5.74, 6) is 0. The smallest absolute Gasteiger partial charge is 0.0760 e. The van der Waals surface area contributed by atoms with Crippen LogP contribution in [0.1, 0.15) is 47.0 Å². The molecule has 0 aromatic heterocycles. The van der Waals surface area contributed by atoms with Crippen molar-refractivity contribution >= 4 is 0 Å². The highest BCUT2D eigenvalue weighted by Gasteiger charge is 2.17. The van der Waals surface area contributed by atoms with Crippen molar-refractivity contribution in [3.05, 3.63) is 11.6 Å². The molecular formula is C13H27NO. The number of allylic oxidation sites excluding steroid dienone is 1. The van der Waals surface area contributed by atoms with Crippen molar-refractivity contribution < 1.29 is 4.74 Å². The Morgan fingerprint density at radius 1 is 1.27 bits per heavy atom. The molecule has 1 N–H and O–H groups in total. The fraction of sp³-hybridized carbons (Fsp3) is 0.846. The van der Waals surface area contributed by atoms with Crippen LogP contribution in [0.4, 0.5) is 0 Å². The van der Waals surface area contributed by atoms with E-state index in [9.17, 15) is 0 Å². The largest absolute Gasteiger partial charge is 0.380 e. The first kappa shape index (κ1) is 14.7. The Labute approximate surface area is 95.1 Å². The minimum atomic E-state index is 0.302. The molecule has 15 heavy (non-hydrogen) atoms. The predicted octanol–water partition coefficient (Wildman–Crippen LogP) is 3.14. The van der Waals surface area contributed by atoms with Gasteiger partial charge in [0.2, 0.25) is 0 Å². The summed E-state index contributed by atoms with van der Waals surface area (Å²) in [6.07, 6.45) is 6.02. The van der Waals surface area contributed by atoms with Crippen molar-refractivity contribution in [3.8, 4) is 0 Å². The highest BCUT2D eigenvalue weighted by molar-refractivity contribution is 5.03. The van der Waals surface area contributed by atoms with E-state index in [2.05, 4.69) is 39.1 Å². The molecule has 2 unspecified atom stereocenters. The molecule has 90 valence electrons. The summed E-state index contributed by atoms with van der Waals surface area (Å²) in [5, 5.41) is 3.54. The van der Waals surface area contributed by atoms with Crippen LogP contribution in [0, 0.1) is 0 Å². The number of hydrogen-bond donors (Lipinski definition) is 1. The lowest BCUT2D eigenvalue weighted by molar-refractivity contribution is 0.0742. The number of rotatable bonds is 8. The van der Waals surface area contributed by atoms with E-state index in [4.69, 9.17) is 4.74 Å². The van der Waals surface area contributed by atoms with Crippen molar-refractivity contribution in [1.29, 1.82) is 0 Å². The lowest BCUT2D eigenvalue weighted by Crippen LogP contribution is -2.40. The third-order valence-electron chi connectivity index (χ3n) is 2.42. The van der Waals surface area contributed by atoms with E-state index in [1.165, 1.54) is 12.0 Å². The highest BCUT2D eigenvalue weighted by Crippen LogP contribution is 2.10. The van der Waals surface area contributed by atoms with Gasteiger partial charge in [-0.1, -0.05) is 31.9 Å². The van der Waals surface area contributed by atoms with Crippen LogP contribution in [0.5, 0.6) is 0 Å². The van der Waals surface area contributed by atoms with Crippen molar-refractivity contribution in [1.82, 2.24) is 5.32 Å². The average Bonchev–Trinajstić information content (AvgIpc) is 2.20. The van der Waals surface area contributed by atoms with Crippen molar-refractivity contribution in [2.24, 2.45) is 0 Å². The molecule has 0 aromatic rings. The summed E-state index contributed by atoms with van der Waals surface area (Å²) in [5.41, 5.74) is 1.35. The maximum absolute atomic E-state index is 5.54. The van der Waals surface area contributed by atoms with Gasteiger partial charge in [0.05, 0.1) is 12.1 Å². The van der Waals surface area contributed by atoms with Gasteiger partial charge in [0.15, 0.2) is 0 Å². The van der Waals surface area contributed by atoms with E-state index in [0.29, 0.717) is 12.1 Å². The van der Waals surface area contributed by atoms with Gasteiger partial charge in [0.1, 0.15) is 0 Å². The lowest BCUT2D eigenvalue weighted by atomic mass is 10.0. The Morgan fingerprint density at radius 3 is 2.33 bits per heavy atom. The first-order valence-corrected chi connectivity index (χ1v) is 6.06. The van der Waals surface area contributed by atoms with Gasteiger partial charge in [-0.2, -0.15) is 0 Å². The van der Waals surface area contributed by atoms with E-state index < -0.39 is 0 Å². The van der Waals surface area contributed by atoms with Crippen molar-refractivity contribution in [2.45, 2.75) is 59.1 Å². The van der Waals surface area contributed by atoms with E-state index in [0.717, 1.165) is 19.4 Å². The first-order chi connectivity index (χ1) is 7.15. The van der Waals surface area contributed by atoms with Crippen LogP contribution in [-0.4, -0.2) is 25.8 Å². The fourth-order valence-corrected chi connectivity index (χ4v) is 1.70. The number of methoxy groups -OCH3 is 1. The Kier molecular flexibility index (Phi) is 8.73. The molecule has 0 aliphatic heterocycles. The second kappa shape index (κ2) is 8.93. The van der Waals surface area contributed by atoms with Crippen LogP contribution in [0.15, 0.2) is 11.6 Å². The maximum atomic E-state index is 5.54. The van der Waals surface area contributed by atoms with E-state index >= 15 is 0 Å². The zero-order valence-electron chi connectivity index (χ0n) is 11.0. The first-order valence-electron chi connectivity index (χ1n) is 6.06. The van der Waals surface area contributed by atoms with Crippen molar-refractivity contribution in [2.75, 3.05) is 13.7 Å². The lowest BCUT2D eigenvalue weighted by Gasteiger charge is -2.24. The summed E-state index contributed by atoms with van der Waals surface area (Å²) < 4.78 is 5.54. The third kappa shape index (κ3) is 6.69. The van der Waals surface area contributed by atoms with Gasteiger partial charge in [0.25, 0.3) is 0 Å². The van der Waals surface area contributed by atoms with Crippen molar-refractivity contribution in [3.63, 3.8) is 0 Å². The van der Waals surface area contributed by atoms with Crippen LogP contribution in [-0.2, 0) is 4.74 Å². The Bertz CT molecular complexity index is 173. The normalized spacial score (nSPS) is 14.7. The Morgan fingerprint density at radius 2 is 1.93 bits per heavy atom. The molecule has 0 spiro atoms. The molecule has 0 aromatic carbocycles. The molecule has 0 rings (SSSR count). The summed E-state index contributed by atoms with van der Waals surface area (Å²) in [4.78, 5) is 0. The van der Waals surface area contributed by atoms with Gasteiger partial charge in [-0.15, -0.1) is 0 Å². The van der Waals surface area contributed by atoms with E-state index in [-0.39, 0.29) is 0 Å². The minimum absolute atomic E-state index is 0.302. The molecule has 2 atom stereocenters. The van der Waals surface area contributed by atoms with Gasteiger partial charge in [-0.3, -0.25) is 0 Å². The monoisotopic (exact) mass is 213 g/mol. The minimum Gasteiger partial charge on any atom is -0.380 e. The topological polar surface area (TPSA) is 21.3 Å². The molecule has 0 saturated carbocycles. The summed E-state index contributed by atoms with van der Waals surface area (Å²) >= 11 is 0. The molecular weight excluding hydrogens is 186 g/mol. The van der Waals surface area contributed by atoms with Gasteiger partial charge < -0.3 is 10.1 Å². The summed E-state index contributed by atoms with van der Waals surface area (Å²) in [6, 6.07) is 0.361. The van der Waals surface area contributed by atoms with Gasteiger partial charge in [-0.05, 0) is 33.2 Å². The predicted molar refractivity (Wildman–Crippen MR) is 67.2 cm³/mol. The molecule has 2 heteroatoms. The SMILES string of the molecule is CCCNC(C=C(C)C)C(CCC)OC. The summed E-state index contributed by atoms with van der Waals surface area (Å²) in [7, 11) is 1.81. The third-order valence-corrected chi connectivity index (χ3v) is 2.42. The van der Waals surface area contributed by atoms with Crippen LogP contribution >= 0.6 is 0 Å². The molecule has 0 bridgehead atoms. The number of nitrogens with one attached hydrogen (secondary N) is 1. The van der Waals surface area contributed by atoms with Gasteiger partial charge >= 0.3 is 0 Å². The summed E-state index contributed by atoms with van der Waals surface area (Å²) in [6.45, 7) is 9.72. The zero-order chi connectivity index (χ0) is 11.7. The second-order valence-electron chi connectivity index (χ2n) is 4.29. The van der Waals surface area contributed by atoms with Crippen LogP contribution in [0.3, 0.4) is 0 Å². The quantitative estimate of drug-likeness (QED) is 0.625. The fourth-order valence-electron chi connectivity index (χ4n) is 1.70. The standard InChI is InChI=1S/C13H27NO/c1-6-8-13(15-5)12(10-11(3)4)14-9-7-2/h10,12-14H,6-9H2,1-5H3. The van der Waals surface area contributed by atoms with Crippen LogP contribution in [0.2, 0.25) is 0 Å². The molecule has 0 aliphatic carbocycles. The van der Waals surface area contributed by atoms with Crippen LogP contribution < -0.4 is 5.32 Å². The molecule has 0 fully saturated rings. The maximum Gasteiger partial charge on any atom is 0.0760 e. The number of hydrogen-bond acceptors (Lipinski definition) is 2. The van der Waals surface area contributed by atoms with Gasteiger partial charge in [0, 0.05) is 7.11 Å². The molecule has 0 radical (unpaired) electrons. The highest BCUT2D eigenvalue weighted by atomic mass is 16.5. The zero-order valence-corrected chi connectivity index (χ0v) is 11.0. The second-order valence-corrected chi connectivity index (χ2v) is 4.29.